The van der Waals surface area contributed by atoms with Crippen molar-refractivity contribution in [2.45, 2.75) is 32.4 Å². The summed E-state index contributed by atoms with van der Waals surface area (Å²) in [5.41, 5.74) is 1.72. The van der Waals surface area contributed by atoms with Crippen LogP contribution >= 0.6 is 23.2 Å². The van der Waals surface area contributed by atoms with Crippen LogP contribution in [-0.4, -0.2) is 35.9 Å². The number of ether oxygens (including phenoxy) is 1. The van der Waals surface area contributed by atoms with Gasteiger partial charge >= 0.3 is 0 Å². The maximum atomic E-state index is 13.4. The van der Waals surface area contributed by atoms with E-state index in [0.717, 1.165) is 17.5 Å². The lowest BCUT2D eigenvalue weighted by Gasteiger charge is -2.31. The number of rotatable bonds is 11. The molecule has 0 radical (unpaired) electrons. The van der Waals surface area contributed by atoms with Crippen LogP contribution in [0.2, 0.25) is 10.0 Å². The fourth-order valence-corrected chi connectivity index (χ4v) is 3.82. The van der Waals surface area contributed by atoms with Gasteiger partial charge in [-0.05, 0) is 41.8 Å². The van der Waals surface area contributed by atoms with Crippen molar-refractivity contribution in [1.29, 1.82) is 0 Å². The van der Waals surface area contributed by atoms with Gasteiger partial charge in [0.2, 0.25) is 5.91 Å². The summed E-state index contributed by atoms with van der Waals surface area (Å²) in [6.07, 6.45) is 1.16. The van der Waals surface area contributed by atoms with Crippen molar-refractivity contribution >= 4 is 35.0 Å². The predicted octanol–water partition coefficient (Wildman–Crippen LogP) is 5.54. The van der Waals surface area contributed by atoms with Crippen LogP contribution in [0, 0.1) is 0 Å². The molecule has 0 aliphatic rings. The van der Waals surface area contributed by atoms with Gasteiger partial charge < -0.3 is 15.0 Å². The lowest BCUT2D eigenvalue weighted by Crippen LogP contribution is -2.51. The molecule has 3 aromatic rings. The SMILES string of the molecule is CCCNC(=O)C(Cc1ccccc1)N(Cc1ccc(Cl)c(Cl)c1)C(=O)COc1ccccc1. The first-order chi connectivity index (χ1) is 16.5. The van der Waals surface area contributed by atoms with E-state index in [9.17, 15) is 9.59 Å². The van der Waals surface area contributed by atoms with Crippen LogP contribution in [0.5, 0.6) is 5.75 Å². The summed E-state index contributed by atoms with van der Waals surface area (Å²) in [5.74, 6) is 0.0710. The summed E-state index contributed by atoms with van der Waals surface area (Å²) in [7, 11) is 0. The van der Waals surface area contributed by atoms with Gasteiger partial charge in [-0.1, -0.05) is 84.7 Å². The molecule has 0 aliphatic heterocycles. The van der Waals surface area contributed by atoms with Crippen molar-refractivity contribution in [3.8, 4) is 5.75 Å². The number of hydrogen-bond donors (Lipinski definition) is 1. The van der Waals surface area contributed by atoms with Gasteiger partial charge in [0.1, 0.15) is 11.8 Å². The fraction of sp³-hybridized carbons (Fsp3) is 0.259. The number of nitrogens with zero attached hydrogens (tertiary/aromatic N) is 1. The molecular formula is C27H28Cl2N2O3. The normalized spacial score (nSPS) is 11.5. The summed E-state index contributed by atoms with van der Waals surface area (Å²) < 4.78 is 5.72. The third-order valence-corrected chi connectivity index (χ3v) is 6.00. The Morgan fingerprint density at radius 3 is 2.24 bits per heavy atom. The molecule has 34 heavy (non-hydrogen) atoms. The smallest absolute Gasteiger partial charge is 0.261 e. The fourth-order valence-electron chi connectivity index (χ4n) is 3.50. The monoisotopic (exact) mass is 498 g/mol. The zero-order valence-electron chi connectivity index (χ0n) is 19.0. The van der Waals surface area contributed by atoms with Crippen LogP contribution in [-0.2, 0) is 22.6 Å². The van der Waals surface area contributed by atoms with Gasteiger partial charge in [-0.15, -0.1) is 0 Å². The largest absolute Gasteiger partial charge is 0.484 e. The van der Waals surface area contributed by atoms with Crippen molar-refractivity contribution < 1.29 is 14.3 Å². The molecule has 1 atom stereocenters. The molecule has 0 saturated carbocycles. The molecule has 2 amide bonds. The molecule has 5 nitrogen and oxygen atoms in total. The molecule has 0 fully saturated rings. The Morgan fingerprint density at radius 1 is 0.912 bits per heavy atom. The van der Waals surface area contributed by atoms with E-state index in [1.54, 1.807) is 35.2 Å². The van der Waals surface area contributed by atoms with Crippen LogP contribution < -0.4 is 10.1 Å². The number of benzene rings is 3. The maximum absolute atomic E-state index is 13.4. The van der Waals surface area contributed by atoms with Crippen LogP contribution in [0.1, 0.15) is 24.5 Å². The number of halogens is 2. The highest BCUT2D eigenvalue weighted by molar-refractivity contribution is 6.42. The van der Waals surface area contributed by atoms with Gasteiger partial charge in [-0.25, -0.2) is 0 Å². The minimum atomic E-state index is -0.727. The summed E-state index contributed by atoms with van der Waals surface area (Å²) in [6.45, 7) is 2.50. The van der Waals surface area contributed by atoms with E-state index in [1.165, 1.54) is 0 Å². The molecule has 0 aliphatic carbocycles. The molecule has 0 spiro atoms. The molecular weight excluding hydrogens is 471 g/mol. The number of carbonyl (C=O) groups is 2. The molecule has 1 N–H and O–H groups in total. The highest BCUT2D eigenvalue weighted by Crippen LogP contribution is 2.24. The van der Waals surface area contributed by atoms with Gasteiger partial charge in [0.05, 0.1) is 10.0 Å². The zero-order chi connectivity index (χ0) is 24.3. The molecule has 0 heterocycles. The molecule has 3 aromatic carbocycles. The molecule has 178 valence electrons. The van der Waals surface area contributed by atoms with E-state index in [0.29, 0.717) is 28.8 Å². The van der Waals surface area contributed by atoms with E-state index >= 15 is 0 Å². The average Bonchev–Trinajstić information content (AvgIpc) is 2.86. The van der Waals surface area contributed by atoms with Crippen molar-refractivity contribution in [2.75, 3.05) is 13.2 Å². The van der Waals surface area contributed by atoms with Crippen LogP contribution in [0.4, 0.5) is 0 Å². The van der Waals surface area contributed by atoms with Gasteiger partial charge in [0.15, 0.2) is 6.61 Å². The zero-order valence-corrected chi connectivity index (χ0v) is 20.6. The van der Waals surface area contributed by atoms with Crippen molar-refractivity contribution in [3.05, 3.63) is 100 Å². The molecule has 3 rings (SSSR count). The highest BCUT2D eigenvalue weighted by atomic mass is 35.5. The van der Waals surface area contributed by atoms with Crippen LogP contribution in [0.15, 0.2) is 78.9 Å². The number of amides is 2. The Kier molecular flexibility index (Phi) is 9.80. The van der Waals surface area contributed by atoms with Crippen LogP contribution in [0.25, 0.3) is 0 Å². The number of carbonyl (C=O) groups excluding carboxylic acids is 2. The van der Waals surface area contributed by atoms with Gasteiger partial charge in [-0.3, -0.25) is 9.59 Å². The lowest BCUT2D eigenvalue weighted by molar-refractivity contribution is -0.142. The van der Waals surface area contributed by atoms with Crippen molar-refractivity contribution in [2.24, 2.45) is 0 Å². The average molecular weight is 499 g/mol. The van der Waals surface area contributed by atoms with Gasteiger partial charge in [0.25, 0.3) is 5.91 Å². The molecule has 0 saturated heterocycles. The number of hydrogen-bond acceptors (Lipinski definition) is 3. The van der Waals surface area contributed by atoms with Crippen LogP contribution in [0.3, 0.4) is 0 Å². The standard InChI is InChI=1S/C27H28Cl2N2O3/c1-2-15-30-27(33)25(17-20-9-5-3-6-10-20)31(18-21-13-14-23(28)24(29)16-21)26(32)19-34-22-11-7-4-8-12-22/h3-14,16,25H,2,15,17-19H2,1H3,(H,30,33). The second-order valence-corrected chi connectivity index (χ2v) is 8.68. The Hall–Kier alpha value is -3.02. The topological polar surface area (TPSA) is 58.6 Å². The minimum absolute atomic E-state index is 0.185. The van der Waals surface area contributed by atoms with E-state index in [-0.39, 0.29) is 25.0 Å². The number of para-hydroxylation sites is 1. The Morgan fingerprint density at radius 2 is 1.59 bits per heavy atom. The third kappa shape index (κ3) is 7.51. The van der Waals surface area contributed by atoms with Gasteiger partial charge in [-0.2, -0.15) is 0 Å². The van der Waals surface area contributed by atoms with Crippen molar-refractivity contribution in [1.82, 2.24) is 10.2 Å². The summed E-state index contributed by atoms with van der Waals surface area (Å²) in [6, 6.07) is 23.2. The molecule has 7 heteroatoms. The van der Waals surface area contributed by atoms with Gasteiger partial charge in [0, 0.05) is 19.5 Å². The van der Waals surface area contributed by atoms with E-state index < -0.39 is 6.04 Å². The quantitative estimate of drug-likeness (QED) is 0.377. The Balaban J connectivity index is 1.90. The van der Waals surface area contributed by atoms with E-state index in [2.05, 4.69) is 5.32 Å². The third-order valence-electron chi connectivity index (χ3n) is 5.26. The Labute approximate surface area is 210 Å². The lowest BCUT2D eigenvalue weighted by atomic mass is 10.0. The molecule has 0 aromatic heterocycles. The first-order valence-corrected chi connectivity index (χ1v) is 12.0. The Bertz CT molecular complexity index is 1080. The maximum Gasteiger partial charge on any atom is 0.261 e. The first-order valence-electron chi connectivity index (χ1n) is 11.2. The highest BCUT2D eigenvalue weighted by Gasteiger charge is 2.30. The van der Waals surface area contributed by atoms with E-state index in [4.69, 9.17) is 27.9 Å². The minimum Gasteiger partial charge on any atom is -0.484 e. The summed E-state index contributed by atoms with van der Waals surface area (Å²) in [4.78, 5) is 28.2. The van der Waals surface area contributed by atoms with Crippen molar-refractivity contribution in [3.63, 3.8) is 0 Å². The predicted molar refractivity (Wildman–Crippen MR) is 136 cm³/mol. The second kappa shape index (κ2) is 13.0. The van der Waals surface area contributed by atoms with E-state index in [1.807, 2.05) is 55.5 Å². The number of nitrogens with one attached hydrogen (secondary N) is 1. The molecule has 1 unspecified atom stereocenters. The summed E-state index contributed by atoms with van der Waals surface area (Å²) >= 11 is 12.3. The molecule has 0 bridgehead atoms. The second-order valence-electron chi connectivity index (χ2n) is 7.87. The summed E-state index contributed by atoms with van der Waals surface area (Å²) in [5, 5.41) is 3.77. The first kappa shape index (κ1) is 25.6.